The number of carbonyl (C=O) groups excluding carboxylic acids is 2. The Morgan fingerprint density at radius 2 is 1.00 bits per heavy atom. The van der Waals surface area contributed by atoms with Gasteiger partial charge in [-0.15, -0.1) is 23.2 Å². The fourth-order valence-electron chi connectivity index (χ4n) is 0.543. The minimum Gasteiger partial charge on any atom is -0.724 e. The topological polar surface area (TPSA) is 78.7 Å². The first-order chi connectivity index (χ1) is 6.74. The van der Waals surface area contributed by atoms with Gasteiger partial charge in [-0.1, -0.05) is 20.3 Å². The van der Waals surface area contributed by atoms with Gasteiger partial charge in [0.1, 0.15) is 0 Å². The van der Waals surface area contributed by atoms with Crippen LogP contribution >= 0.6 is 23.2 Å². The van der Waals surface area contributed by atoms with Crippen LogP contribution in [-0.4, -0.2) is 23.9 Å². The SMILES string of the molecule is C.ClCCCCCCCl.[N-]=C=O.[N-]=C=O. The maximum atomic E-state index is 8.24. The standard InChI is InChI=1S/C6H12Cl2.2CNO.CH4/c7-5-3-1-2-4-6-8;2*2-1-3;/h1-6H2;;;1H4/q;2*-1;. The molecule has 0 aliphatic heterocycles. The second kappa shape index (κ2) is 37.7. The Morgan fingerprint density at radius 1 is 0.800 bits per heavy atom. The number of nitrogens with zero attached hydrogens (tertiary/aromatic N) is 2. The van der Waals surface area contributed by atoms with Crippen LogP contribution < -0.4 is 0 Å². The van der Waals surface area contributed by atoms with Gasteiger partial charge in [-0.3, -0.25) is 9.59 Å². The number of hydrogen-bond acceptors (Lipinski definition) is 2. The molecule has 0 fully saturated rings. The summed E-state index contributed by atoms with van der Waals surface area (Å²) >= 11 is 10.9. The summed E-state index contributed by atoms with van der Waals surface area (Å²) in [6.07, 6.45) is 5.74. The van der Waals surface area contributed by atoms with E-state index >= 15 is 0 Å². The Labute approximate surface area is 101 Å². The van der Waals surface area contributed by atoms with E-state index in [0.29, 0.717) is 12.2 Å². The highest BCUT2D eigenvalue weighted by Gasteiger charge is 1.85. The first-order valence-corrected chi connectivity index (χ1v) is 4.96. The molecule has 0 aromatic heterocycles. The highest BCUT2D eigenvalue weighted by atomic mass is 35.5. The van der Waals surface area contributed by atoms with E-state index in [2.05, 4.69) is 0 Å². The van der Waals surface area contributed by atoms with Crippen molar-refractivity contribution in [3.05, 3.63) is 10.8 Å². The predicted molar refractivity (Wildman–Crippen MR) is 64.7 cm³/mol. The fraction of sp³-hybridized carbons (Fsp3) is 0.778. The largest absolute Gasteiger partial charge is 0.724 e. The van der Waals surface area contributed by atoms with Gasteiger partial charge in [0.25, 0.3) is 0 Å². The van der Waals surface area contributed by atoms with Gasteiger partial charge in [-0.2, -0.15) is 0 Å². The van der Waals surface area contributed by atoms with Crippen LogP contribution in [0.5, 0.6) is 0 Å². The Balaban J connectivity index is -0.0000000733. The summed E-state index contributed by atoms with van der Waals surface area (Å²) in [6.45, 7) is 0. The van der Waals surface area contributed by atoms with E-state index in [4.69, 9.17) is 43.6 Å². The second-order valence-corrected chi connectivity index (χ2v) is 2.73. The summed E-state index contributed by atoms with van der Waals surface area (Å²) in [6, 6.07) is 0. The molecule has 0 aliphatic rings. The van der Waals surface area contributed by atoms with E-state index in [1.807, 2.05) is 0 Å². The maximum Gasteiger partial charge on any atom is 0.0223 e. The molecule has 0 aromatic rings. The van der Waals surface area contributed by atoms with Crippen LogP contribution in [0.1, 0.15) is 33.1 Å². The van der Waals surface area contributed by atoms with Crippen LogP contribution in [0.4, 0.5) is 0 Å². The lowest BCUT2D eigenvalue weighted by molar-refractivity contribution is 0.568. The monoisotopic (exact) mass is 254 g/mol. The Hall–Kier alpha value is -0.660. The van der Waals surface area contributed by atoms with Crippen molar-refractivity contribution in [1.82, 2.24) is 0 Å². The third kappa shape index (κ3) is 91.1. The first kappa shape index (κ1) is 23.9. The molecule has 0 bridgehead atoms. The van der Waals surface area contributed by atoms with Gasteiger partial charge in [-0.05, 0) is 25.0 Å². The number of alkyl halides is 2. The van der Waals surface area contributed by atoms with Crippen LogP contribution in [0.3, 0.4) is 0 Å². The molecule has 6 heteroatoms. The van der Waals surface area contributed by atoms with Crippen molar-refractivity contribution >= 4 is 35.4 Å². The number of halogens is 2. The Bertz CT molecular complexity index is 136. The zero-order chi connectivity index (χ0) is 11.7. The van der Waals surface area contributed by atoms with Gasteiger partial charge in [0.05, 0.1) is 0 Å². The third-order valence-corrected chi connectivity index (χ3v) is 1.55. The lowest BCUT2D eigenvalue weighted by Crippen LogP contribution is -1.78. The smallest absolute Gasteiger partial charge is 0.0223 e. The van der Waals surface area contributed by atoms with Gasteiger partial charge in [-0.25, -0.2) is 0 Å². The van der Waals surface area contributed by atoms with Crippen molar-refractivity contribution in [3.8, 4) is 0 Å². The zero-order valence-electron chi connectivity index (χ0n) is 7.71. The van der Waals surface area contributed by atoms with E-state index in [1.165, 1.54) is 12.8 Å². The average molecular weight is 255 g/mol. The van der Waals surface area contributed by atoms with E-state index in [1.54, 1.807) is 0 Å². The molecular weight excluding hydrogens is 239 g/mol. The highest BCUT2D eigenvalue weighted by Crippen LogP contribution is 2.01. The molecule has 0 radical (unpaired) electrons. The molecule has 90 valence electrons. The molecule has 0 atom stereocenters. The molecule has 0 aliphatic carbocycles. The second-order valence-electron chi connectivity index (χ2n) is 1.97. The van der Waals surface area contributed by atoms with Crippen molar-refractivity contribution in [1.29, 1.82) is 0 Å². The number of rotatable bonds is 5. The molecule has 0 saturated heterocycles. The lowest BCUT2D eigenvalue weighted by atomic mass is 10.2. The molecule has 15 heavy (non-hydrogen) atoms. The number of hydrogen-bond donors (Lipinski definition) is 0. The van der Waals surface area contributed by atoms with E-state index in [0.717, 1.165) is 24.6 Å². The van der Waals surface area contributed by atoms with Crippen molar-refractivity contribution in [2.45, 2.75) is 33.1 Å². The van der Waals surface area contributed by atoms with Crippen molar-refractivity contribution in [3.63, 3.8) is 0 Å². The molecule has 4 nitrogen and oxygen atoms in total. The van der Waals surface area contributed by atoms with Crippen LogP contribution in [0, 0.1) is 0 Å². The molecule has 0 rings (SSSR count). The molecular formula is C9H16Cl2N2O2-2. The van der Waals surface area contributed by atoms with Crippen molar-refractivity contribution in [2.75, 3.05) is 11.8 Å². The normalized spacial score (nSPS) is 6.27. The van der Waals surface area contributed by atoms with Gasteiger partial charge in [0.2, 0.25) is 0 Å². The molecule has 0 N–H and O–H groups in total. The molecule has 0 spiro atoms. The van der Waals surface area contributed by atoms with Crippen LogP contribution in [0.15, 0.2) is 0 Å². The molecule has 0 saturated carbocycles. The van der Waals surface area contributed by atoms with Gasteiger partial charge >= 0.3 is 0 Å². The van der Waals surface area contributed by atoms with Crippen LogP contribution in [-0.2, 0) is 9.59 Å². The third-order valence-electron chi connectivity index (χ3n) is 1.02. The molecule has 0 heterocycles. The molecule has 0 amide bonds. The fourth-order valence-corrected chi connectivity index (χ4v) is 0.921. The van der Waals surface area contributed by atoms with Crippen LogP contribution in [0.25, 0.3) is 10.8 Å². The van der Waals surface area contributed by atoms with E-state index in [-0.39, 0.29) is 7.43 Å². The van der Waals surface area contributed by atoms with Gasteiger partial charge in [0, 0.05) is 11.8 Å². The number of unbranched alkanes of at least 4 members (excludes halogenated alkanes) is 3. The zero-order valence-corrected chi connectivity index (χ0v) is 9.22. The predicted octanol–water partition coefficient (Wildman–Crippen LogP) is 3.44. The summed E-state index contributed by atoms with van der Waals surface area (Å²) in [5.74, 6) is 1.59. The average Bonchev–Trinajstić information content (AvgIpc) is 2.15. The lowest BCUT2D eigenvalue weighted by Gasteiger charge is -1.92. The maximum absolute atomic E-state index is 8.24. The Morgan fingerprint density at radius 3 is 1.13 bits per heavy atom. The minimum atomic E-state index is 0. The minimum absolute atomic E-state index is 0. The molecule has 0 aromatic carbocycles. The molecule has 0 unspecified atom stereocenters. The summed E-state index contributed by atoms with van der Waals surface area (Å²) in [5.41, 5.74) is 0. The van der Waals surface area contributed by atoms with Crippen LogP contribution in [0.2, 0.25) is 0 Å². The van der Waals surface area contributed by atoms with Gasteiger partial charge < -0.3 is 10.8 Å². The van der Waals surface area contributed by atoms with E-state index in [9.17, 15) is 0 Å². The summed E-state index contributed by atoms with van der Waals surface area (Å²) in [5, 5.41) is 13.5. The summed E-state index contributed by atoms with van der Waals surface area (Å²) in [4.78, 5) is 16.5. The summed E-state index contributed by atoms with van der Waals surface area (Å²) in [7, 11) is 0. The quantitative estimate of drug-likeness (QED) is 0.326. The highest BCUT2D eigenvalue weighted by molar-refractivity contribution is 6.18. The van der Waals surface area contributed by atoms with E-state index < -0.39 is 0 Å². The number of isocyanates is 2. The first-order valence-electron chi connectivity index (χ1n) is 3.89. The van der Waals surface area contributed by atoms with Gasteiger partial charge in [0.15, 0.2) is 0 Å². The Kier molecular flexibility index (Phi) is 60.0. The van der Waals surface area contributed by atoms with Crippen molar-refractivity contribution < 1.29 is 9.59 Å². The van der Waals surface area contributed by atoms with Crippen molar-refractivity contribution in [2.24, 2.45) is 0 Å². The summed E-state index contributed by atoms with van der Waals surface area (Å²) < 4.78 is 0.